The van der Waals surface area contributed by atoms with Crippen LogP contribution in [0.25, 0.3) is 0 Å². The first-order valence-electron chi connectivity index (χ1n) is 7.87. The van der Waals surface area contributed by atoms with Crippen molar-refractivity contribution in [3.8, 4) is 0 Å². The lowest BCUT2D eigenvalue weighted by Gasteiger charge is -2.12. The highest BCUT2D eigenvalue weighted by atomic mass is 32.2. The molecule has 0 radical (unpaired) electrons. The molecule has 7 nitrogen and oxygen atoms in total. The molecule has 0 fully saturated rings. The Hall–Kier alpha value is -2.55. The highest BCUT2D eigenvalue weighted by Crippen LogP contribution is 2.12. The Morgan fingerprint density at radius 1 is 0.923 bits per heavy atom. The van der Waals surface area contributed by atoms with Crippen molar-refractivity contribution in [3.05, 3.63) is 65.2 Å². The van der Waals surface area contributed by atoms with Gasteiger partial charge >= 0.3 is 0 Å². The molecular weight excluding hydrogens is 354 g/mol. The lowest BCUT2D eigenvalue weighted by Crippen LogP contribution is -2.36. The third-order valence-corrected chi connectivity index (χ3v) is 5.00. The van der Waals surface area contributed by atoms with E-state index in [9.17, 15) is 18.0 Å². The van der Waals surface area contributed by atoms with Gasteiger partial charge in [0, 0.05) is 31.8 Å². The van der Waals surface area contributed by atoms with Crippen LogP contribution in [0.4, 0.5) is 0 Å². The fourth-order valence-corrected chi connectivity index (χ4v) is 3.19. The molecule has 2 rings (SSSR count). The SMILES string of the molecule is CC(=O)c1ccc(S(=O)(=O)NCc2ccc(C(=O)NN(C)C)cc2)cc1. The highest BCUT2D eigenvalue weighted by Gasteiger charge is 2.14. The number of hydrogen-bond donors (Lipinski definition) is 2. The van der Waals surface area contributed by atoms with Gasteiger partial charge in [-0.25, -0.2) is 18.1 Å². The fraction of sp³-hybridized carbons (Fsp3) is 0.222. The molecule has 0 saturated heterocycles. The van der Waals surface area contributed by atoms with E-state index in [1.54, 1.807) is 43.4 Å². The summed E-state index contributed by atoms with van der Waals surface area (Å²) in [6, 6.07) is 12.4. The van der Waals surface area contributed by atoms with Crippen LogP contribution in [0.3, 0.4) is 0 Å². The average molecular weight is 375 g/mol. The first-order chi connectivity index (χ1) is 12.2. The minimum atomic E-state index is -3.69. The summed E-state index contributed by atoms with van der Waals surface area (Å²) in [5, 5.41) is 1.54. The van der Waals surface area contributed by atoms with Gasteiger partial charge in [0.05, 0.1) is 4.90 Å². The Labute approximate surface area is 153 Å². The summed E-state index contributed by atoms with van der Waals surface area (Å²) in [7, 11) is -0.266. The van der Waals surface area contributed by atoms with Crippen LogP contribution in [-0.4, -0.2) is 39.2 Å². The van der Waals surface area contributed by atoms with Gasteiger partial charge in [0.1, 0.15) is 0 Å². The van der Waals surface area contributed by atoms with Crippen molar-refractivity contribution < 1.29 is 18.0 Å². The molecule has 0 aliphatic heterocycles. The minimum absolute atomic E-state index is 0.0875. The van der Waals surface area contributed by atoms with E-state index in [2.05, 4.69) is 10.1 Å². The second-order valence-electron chi connectivity index (χ2n) is 5.94. The Bertz CT molecular complexity index is 889. The van der Waals surface area contributed by atoms with Gasteiger partial charge in [-0.1, -0.05) is 24.3 Å². The molecule has 26 heavy (non-hydrogen) atoms. The molecule has 0 aromatic heterocycles. The molecule has 0 saturated carbocycles. The number of sulfonamides is 1. The Kier molecular flexibility index (Phi) is 6.25. The summed E-state index contributed by atoms with van der Waals surface area (Å²) >= 11 is 0. The third kappa shape index (κ3) is 5.22. The first-order valence-corrected chi connectivity index (χ1v) is 9.35. The topological polar surface area (TPSA) is 95.6 Å². The smallest absolute Gasteiger partial charge is 0.265 e. The number of benzene rings is 2. The molecule has 0 bridgehead atoms. The lowest BCUT2D eigenvalue weighted by atomic mass is 10.1. The summed E-state index contributed by atoms with van der Waals surface area (Å²) in [6.07, 6.45) is 0. The van der Waals surface area contributed by atoms with E-state index in [4.69, 9.17) is 0 Å². The number of carbonyl (C=O) groups excluding carboxylic acids is 2. The van der Waals surface area contributed by atoms with Crippen LogP contribution in [-0.2, 0) is 16.6 Å². The van der Waals surface area contributed by atoms with Crippen molar-refractivity contribution in [1.82, 2.24) is 15.2 Å². The van der Waals surface area contributed by atoms with E-state index in [-0.39, 0.29) is 23.1 Å². The quantitative estimate of drug-likeness (QED) is 0.566. The number of ketones is 1. The molecule has 0 heterocycles. The number of hydrogen-bond acceptors (Lipinski definition) is 5. The standard InChI is InChI=1S/C18H21N3O4S/c1-13(22)15-8-10-17(11-9-15)26(24,25)19-12-14-4-6-16(7-5-14)18(23)20-21(2)3/h4-11,19H,12H2,1-3H3,(H,20,23). The van der Waals surface area contributed by atoms with Crippen molar-refractivity contribution in [2.75, 3.05) is 14.1 Å². The Balaban J connectivity index is 2.03. The molecule has 138 valence electrons. The maximum atomic E-state index is 12.3. The monoisotopic (exact) mass is 375 g/mol. The minimum Gasteiger partial charge on any atom is -0.295 e. The molecule has 0 aliphatic rings. The largest absolute Gasteiger partial charge is 0.295 e. The van der Waals surface area contributed by atoms with Gasteiger partial charge in [-0.3, -0.25) is 15.0 Å². The summed E-state index contributed by atoms with van der Waals surface area (Å²) < 4.78 is 27.1. The second kappa shape index (κ2) is 8.22. The Morgan fingerprint density at radius 3 is 1.96 bits per heavy atom. The maximum absolute atomic E-state index is 12.3. The molecule has 0 spiro atoms. The van der Waals surface area contributed by atoms with Crippen molar-refractivity contribution in [2.24, 2.45) is 0 Å². The molecule has 0 atom stereocenters. The summed E-state index contributed by atoms with van der Waals surface area (Å²) in [4.78, 5) is 23.2. The van der Waals surface area contributed by atoms with Crippen LogP contribution in [0, 0.1) is 0 Å². The molecule has 2 aromatic carbocycles. The third-order valence-electron chi connectivity index (χ3n) is 3.58. The summed E-state index contributed by atoms with van der Waals surface area (Å²) in [6.45, 7) is 1.51. The molecule has 1 amide bonds. The molecule has 2 aromatic rings. The van der Waals surface area contributed by atoms with Crippen LogP contribution in [0.1, 0.15) is 33.2 Å². The first kappa shape index (κ1) is 19.8. The fourth-order valence-electron chi connectivity index (χ4n) is 2.17. The normalized spacial score (nSPS) is 11.4. The van der Waals surface area contributed by atoms with Gasteiger partial charge in [0.25, 0.3) is 5.91 Å². The number of rotatable bonds is 7. The van der Waals surface area contributed by atoms with Gasteiger partial charge in [0.2, 0.25) is 10.0 Å². The van der Waals surface area contributed by atoms with E-state index in [0.717, 1.165) is 5.56 Å². The van der Waals surface area contributed by atoms with Gasteiger partial charge in [-0.05, 0) is 36.8 Å². The average Bonchev–Trinajstić information content (AvgIpc) is 2.60. The van der Waals surface area contributed by atoms with Gasteiger partial charge in [-0.2, -0.15) is 0 Å². The zero-order chi connectivity index (χ0) is 19.3. The molecule has 0 aliphatic carbocycles. The van der Waals surface area contributed by atoms with Crippen molar-refractivity contribution >= 4 is 21.7 Å². The number of Topliss-reactive ketones (excluding diaryl/α,β-unsaturated/α-hetero) is 1. The van der Waals surface area contributed by atoms with Crippen LogP contribution in [0.2, 0.25) is 0 Å². The molecule has 8 heteroatoms. The van der Waals surface area contributed by atoms with Crippen molar-refractivity contribution in [1.29, 1.82) is 0 Å². The highest BCUT2D eigenvalue weighted by molar-refractivity contribution is 7.89. The Morgan fingerprint density at radius 2 is 1.46 bits per heavy atom. The zero-order valence-electron chi connectivity index (χ0n) is 14.8. The van der Waals surface area contributed by atoms with Crippen LogP contribution in [0.5, 0.6) is 0 Å². The molecular formula is C18H21N3O4S. The van der Waals surface area contributed by atoms with Crippen LogP contribution in [0.15, 0.2) is 53.4 Å². The van der Waals surface area contributed by atoms with E-state index in [0.29, 0.717) is 11.1 Å². The van der Waals surface area contributed by atoms with Gasteiger partial charge < -0.3 is 0 Å². The van der Waals surface area contributed by atoms with Crippen LogP contribution < -0.4 is 10.1 Å². The molecule has 2 N–H and O–H groups in total. The number of hydrazine groups is 1. The number of carbonyl (C=O) groups is 2. The van der Waals surface area contributed by atoms with E-state index in [1.807, 2.05) is 0 Å². The summed E-state index contributed by atoms with van der Waals surface area (Å²) in [5.74, 6) is -0.368. The van der Waals surface area contributed by atoms with Gasteiger partial charge in [0.15, 0.2) is 5.78 Å². The predicted molar refractivity (Wildman–Crippen MR) is 98.1 cm³/mol. The maximum Gasteiger partial charge on any atom is 0.265 e. The van der Waals surface area contributed by atoms with E-state index >= 15 is 0 Å². The number of nitrogens with zero attached hydrogens (tertiary/aromatic N) is 1. The predicted octanol–water partition coefficient (Wildman–Crippen LogP) is 1.57. The van der Waals surface area contributed by atoms with Gasteiger partial charge in [-0.15, -0.1) is 0 Å². The molecule has 0 unspecified atom stereocenters. The zero-order valence-corrected chi connectivity index (χ0v) is 15.6. The lowest BCUT2D eigenvalue weighted by molar-refractivity contribution is 0.0856. The van der Waals surface area contributed by atoms with Crippen molar-refractivity contribution in [3.63, 3.8) is 0 Å². The van der Waals surface area contributed by atoms with Crippen molar-refractivity contribution in [2.45, 2.75) is 18.4 Å². The number of amides is 1. The van der Waals surface area contributed by atoms with Crippen LogP contribution >= 0.6 is 0 Å². The van der Waals surface area contributed by atoms with E-state index < -0.39 is 10.0 Å². The second-order valence-corrected chi connectivity index (χ2v) is 7.70. The summed E-state index contributed by atoms with van der Waals surface area (Å²) in [5.41, 5.74) is 4.28. The van der Waals surface area contributed by atoms with E-state index in [1.165, 1.54) is 31.2 Å². The number of nitrogens with one attached hydrogen (secondary N) is 2.